The highest BCUT2D eigenvalue weighted by atomic mass is 35.5. The fraction of sp³-hybridized carbons (Fsp3) is 0.615. The number of amides is 1. The zero-order valence-corrected chi connectivity index (χ0v) is 12.7. The van der Waals surface area contributed by atoms with Crippen LogP contribution in [0.2, 0.25) is 5.15 Å². The van der Waals surface area contributed by atoms with Crippen molar-refractivity contribution in [1.29, 1.82) is 0 Å². The summed E-state index contributed by atoms with van der Waals surface area (Å²) in [5, 5.41) is 3.49. The van der Waals surface area contributed by atoms with Crippen LogP contribution in [0.1, 0.15) is 32.2 Å². The summed E-state index contributed by atoms with van der Waals surface area (Å²) in [6.45, 7) is 9.37. The van der Waals surface area contributed by atoms with Crippen molar-refractivity contribution in [2.24, 2.45) is 0 Å². The predicted octanol–water partition coefficient (Wildman–Crippen LogP) is 2.28. The average molecular weight is 285 g/mol. The van der Waals surface area contributed by atoms with Crippen molar-refractivity contribution in [3.63, 3.8) is 0 Å². The molecule has 0 atom stereocenters. The van der Waals surface area contributed by atoms with Crippen LogP contribution in [-0.2, 0) is 11.2 Å². The van der Waals surface area contributed by atoms with Gasteiger partial charge in [0.15, 0.2) is 0 Å². The second kappa shape index (κ2) is 7.28. The minimum Gasteiger partial charge on any atom is -0.361 e. The van der Waals surface area contributed by atoms with E-state index in [4.69, 9.17) is 11.6 Å². The molecule has 1 amide bonds. The van der Waals surface area contributed by atoms with Gasteiger partial charge in [0.1, 0.15) is 16.8 Å². The van der Waals surface area contributed by atoms with E-state index in [1.54, 1.807) is 4.90 Å². The molecule has 1 rings (SSSR count). The van der Waals surface area contributed by atoms with Gasteiger partial charge in [0, 0.05) is 25.1 Å². The topological polar surface area (TPSA) is 58.1 Å². The SMILES string of the molecule is CCc1nc(Cl)c(C)c(NCC(=O)N(CC)CC)n1. The van der Waals surface area contributed by atoms with E-state index < -0.39 is 0 Å². The fourth-order valence-electron chi connectivity index (χ4n) is 1.71. The normalized spacial score (nSPS) is 10.4. The molecule has 1 heterocycles. The summed E-state index contributed by atoms with van der Waals surface area (Å²) < 4.78 is 0. The van der Waals surface area contributed by atoms with Gasteiger partial charge in [-0.15, -0.1) is 0 Å². The molecule has 1 N–H and O–H groups in total. The van der Waals surface area contributed by atoms with Crippen LogP contribution >= 0.6 is 11.6 Å². The van der Waals surface area contributed by atoms with Crippen molar-refractivity contribution in [3.05, 3.63) is 16.5 Å². The van der Waals surface area contributed by atoms with E-state index in [0.29, 0.717) is 36.3 Å². The van der Waals surface area contributed by atoms with Crippen molar-refractivity contribution in [3.8, 4) is 0 Å². The summed E-state index contributed by atoms with van der Waals surface area (Å²) in [5.74, 6) is 1.36. The Bertz CT molecular complexity index is 447. The first kappa shape index (κ1) is 15.7. The Hall–Kier alpha value is -1.36. The molecule has 0 saturated carbocycles. The molecule has 1 aromatic heterocycles. The molecule has 0 spiro atoms. The molecule has 6 heteroatoms. The van der Waals surface area contributed by atoms with Gasteiger partial charge >= 0.3 is 0 Å². The molecule has 0 aliphatic carbocycles. The van der Waals surface area contributed by atoms with E-state index in [2.05, 4.69) is 15.3 Å². The quantitative estimate of drug-likeness (QED) is 0.814. The number of hydrogen-bond acceptors (Lipinski definition) is 4. The Labute approximate surface area is 119 Å². The second-order valence-electron chi connectivity index (χ2n) is 4.18. The highest BCUT2D eigenvalue weighted by Gasteiger charge is 2.12. The van der Waals surface area contributed by atoms with Crippen LogP contribution in [0.5, 0.6) is 0 Å². The molecule has 0 unspecified atom stereocenters. The van der Waals surface area contributed by atoms with Gasteiger partial charge in [0.05, 0.1) is 6.54 Å². The first-order valence-corrected chi connectivity index (χ1v) is 6.95. The monoisotopic (exact) mass is 284 g/mol. The number of hydrogen-bond donors (Lipinski definition) is 1. The van der Waals surface area contributed by atoms with Crippen molar-refractivity contribution < 1.29 is 4.79 Å². The molecule has 0 aliphatic rings. The van der Waals surface area contributed by atoms with E-state index in [1.165, 1.54) is 0 Å². The van der Waals surface area contributed by atoms with Gasteiger partial charge in [-0.3, -0.25) is 4.79 Å². The van der Waals surface area contributed by atoms with Crippen LogP contribution in [0.25, 0.3) is 0 Å². The van der Waals surface area contributed by atoms with Crippen molar-refractivity contribution >= 4 is 23.3 Å². The zero-order valence-electron chi connectivity index (χ0n) is 12.0. The lowest BCUT2D eigenvalue weighted by molar-refractivity contribution is -0.128. The standard InChI is InChI=1S/C13H21ClN4O/c1-5-10-16-12(14)9(4)13(17-10)15-8-11(19)18(6-2)7-3/h5-8H2,1-4H3,(H,15,16,17). The molecule has 0 saturated heterocycles. The number of likely N-dealkylation sites (N-methyl/N-ethyl adjacent to an activating group) is 1. The van der Waals surface area contributed by atoms with Crippen molar-refractivity contribution in [2.45, 2.75) is 34.1 Å². The molecule has 0 aliphatic heterocycles. The smallest absolute Gasteiger partial charge is 0.241 e. The lowest BCUT2D eigenvalue weighted by atomic mass is 10.3. The summed E-state index contributed by atoms with van der Waals surface area (Å²) in [4.78, 5) is 22.2. The molecular weight excluding hydrogens is 264 g/mol. The molecule has 0 radical (unpaired) electrons. The largest absolute Gasteiger partial charge is 0.361 e. The minimum absolute atomic E-state index is 0.0529. The molecule has 1 aromatic rings. The predicted molar refractivity (Wildman–Crippen MR) is 77.6 cm³/mol. The molecule has 106 valence electrons. The van der Waals surface area contributed by atoms with Crippen LogP contribution in [-0.4, -0.2) is 40.4 Å². The summed E-state index contributed by atoms with van der Waals surface area (Å²) in [6, 6.07) is 0. The number of aryl methyl sites for hydroxylation is 1. The molecule has 0 bridgehead atoms. The number of halogens is 1. The van der Waals surface area contributed by atoms with E-state index in [9.17, 15) is 4.79 Å². The van der Waals surface area contributed by atoms with E-state index in [-0.39, 0.29) is 12.5 Å². The highest BCUT2D eigenvalue weighted by Crippen LogP contribution is 2.19. The lowest BCUT2D eigenvalue weighted by Crippen LogP contribution is -2.35. The van der Waals surface area contributed by atoms with E-state index in [0.717, 1.165) is 5.56 Å². The first-order chi connectivity index (χ1) is 9.03. The van der Waals surface area contributed by atoms with Crippen LogP contribution in [0, 0.1) is 6.92 Å². The average Bonchev–Trinajstić information content (AvgIpc) is 2.41. The van der Waals surface area contributed by atoms with Gasteiger partial charge < -0.3 is 10.2 Å². The molecule has 0 fully saturated rings. The fourth-order valence-corrected chi connectivity index (χ4v) is 1.90. The van der Waals surface area contributed by atoms with Gasteiger partial charge in [-0.1, -0.05) is 18.5 Å². The van der Waals surface area contributed by atoms with Gasteiger partial charge in [0.2, 0.25) is 5.91 Å². The van der Waals surface area contributed by atoms with Crippen LogP contribution < -0.4 is 5.32 Å². The van der Waals surface area contributed by atoms with Crippen LogP contribution in [0.15, 0.2) is 0 Å². The van der Waals surface area contributed by atoms with Crippen LogP contribution in [0.4, 0.5) is 5.82 Å². The Balaban J connectivity index is 2.77. The number of carbonyl (C=O) groups excluding carboxylic acids is 1. The first-order valence-electron chi connectivity index (χ1n) is 6.58. The molecular formula is C13H21ClN4O. The summed E-state index contributed by atoms with van der Waals surface area (Å²) in [5.41, 5.74) is 0.770. The van der Waals surface area contributed by atoms with Gasteiger partial charge in [-0.2, -0.15) is 0 Å². The van der Waals surface area contributed by atoms with E-state index in [1.807, 2.05) is 27.7 Å². The van der Waals surface area contributed by atoms with Gasteiger partial charge in [0.25, 0.3) is 0 Å². The zero-order chi connectivity index (χ0) is 14.4. The Morgan fingerprint density at radius 1 is 1.26 bits per heavy atom. The maximum Gasteiger partial charge on any atom is 0.241 e. The van der Waals surface area contributed by atoms with E-state index >= 15 is 0 Å². The number of nitrogens with one attached hydrogen (secondary N) is 1. The molecule has 5 nitrogen and oxygen atoms in total. The van der Waals surface area contributed by atoms with Crippen molar-refractivity contribution in [1.82, 2.24) is 14.9 Å². The van der Waals surface area contributed by atoms with Crippen LogP contribution in [0.3, 0.4) is 0 Å². The number of rotatable bonds is 6. The summed E-state index contributed by atoms with van der Waals surface area (Å²) in [6.07, 6.45) is 0.707. The maximum atomic E-state index is 11.9. The number of carbonyl (C=O) groups is 1. The highest BCUT2D eigenvalue weighted by molar-refractivity contribution is 6.30. The lowest BCUT2D eigenvalue weighted by Gasteiger charge is -2.19. The minimum atomic E-state index is 0.0529. The third kappa shape index (κ3) is 4.06. The summed E-state index contributed by atoms with van der Waals surface area (Å²) in [7, 11) is 0. The molecule has 0 aromatic carbocycles. The van der Waals surface area contributed by atoms with Gasteiger partial charge in [-0.25, -0.2) is 9.97 Å². The Morgan fingerprint density at radius 2 is 1.89 bits per heavy atom. The Morgan fingerprint density at radius 3 is 2.42 bits per heavy atom. The maximum absolute atomic E-state index is 11.9. The number of aromatic nitrogens is 2. The third-order valence-corrected chi connectivity index (χ3v) is 3.34. The number of nitrogens with zero attached hydrogens (tertiary/aromatic N) is 3. The second-order valence-corrected chi connectivity index (χ2v) is 4.54. The van der Waals surface area contributed by atoms with Crippen molar-refractivity contribution in [2.75, 3.05) is 25.0 Å². The Kier molecular flexibility index (Phi) is 6.02. The molecule has 19 heavy (non-hydrogen) atoms. The summed E-state index contributed by atoms with van der Waals surface area (Å²) >= 11 is 6.04. The number of anilines is 1. The van der Waals surface area contributed by atoms with Gasteiger partial charge in [-0.05, 0) is 20.8 Å². The third-order valence-electron chi connectivity index (χ3n) is 2.97.